The third kappa shape index (κ3) is 0.810. The fraction of sp³-hybridized carbons (Fsp3) is 1.00. The van der Waals surface area contributed by atoms with Crippen LogP contribution in [-0.2, 0) is 0 Å². The minimum absolute atomic E-state index is 1.06. The quantitative estimate of drug-likeness (QED) is 0.522. The molecule has 0 aromatic carbocycles. The SMILES string of the molecule is CCC1CC2CC1CC2C. The van der Waals surface area contributed by atoms with Gasteiger partial charge in [-0.25, -0.2) is 0 Å². The first-order valence-electron chi connectivity index (χ1n) is 4.81. The van der Waals surface area contributed by atoms with Gasteiger partial charge in [-0.3, -0.25) is 0 Å². The Bertz CT molecular complexity index is 126. The van der Waals surface area contributed by atoms with E-state index in [-0.39, 0.29) is 0 Å². The zero-order valence-electron chi connectivity index (χ0n) is 7.14. The number of hydrogen-bond acceptors (Lipinski definition) is 0. The van der Waals surface area contributed by atoms with Crippen molar-refractivity contribution < 1.29 is 0 Å². The molecule has 0 N–H and O–H groups in total. The predicted molar refractivity (Wildman–Crippen MR) is 43.8 cm³/mol. The van der Waals surface area contributed by atoms with Crippen LogP contribution >= 0.6 is 0 Å². The van der Waals surface area contributed by atoms with Crippen molar-refractivity contribution in [3.8, 4) is 0 Å². The molecule has 10 heavy (non-hydrogen) atoms. The predicted octanol–water partition coefficient (Wildman–Crippen LogP) is 3.08. The molecule has 0 radical (unpaired) electrons. The molecule has 0 heterocycles. The minimum Gasteiger partial charge on any atom is -0.0651 e. The van der Waals surface area contributed by atoms with Crippen molar-refractivity contribution in [2.75, 3.05) is 0 Å². The molecule has 2 fully saturated rings. The number of hydrogen-bond donors (Lipinski definition) is 0. The second-order valence-electron chi connectivity index (χ2n) is 4.37. The van der Waals surface area contributed by atoms with E-state index in [2.05, 4.69) is 13.8 Å². The Morgan fingerprint density at radius 2 is 1.90 bits per heavy atom. The van der Waals surface area contributed by atoms with Crippen LogP contribution in [0.4, 0.5) is 0 Å². The van der Waals surface area contributed by atoms with Crippen molar-refractivity contribution in [1.29, 1.82) is 0 Å². The highest BCUT2D eigenvalue weighted by molar-refractivity contribution is 4.92. The zero-order chi connectivity index (χ0) is 7.14. The van der Waals surface area contributed by atoms with E-state index in [1.165, 1.54) is 6.42 Å². The molecule has 0 aromatic heterocycles. The summed E-state index contributed by atoms with van der Waals surface area (Å²) in [4.78, 5) is 0. The Morgan fingerprint density at radius 3 is 2.30 bits per heavy atom. The summed E-state index contributed by atoms with van der Waals surface area (Å²) in [6.45, 7) is 4.80. The van der Waals surface area contributed by atoms with Gasteiger partial charge in [0, 0.05) is 0 Å². The standard InChI is InChI=1S/C10H18/c1-3-8-5-9-6-10(8)4-7(9)2/h7-10H,3-6H2,1-2H3. The van der Waals surface area contributed by atoms with Gasteiger partial charge >= 0.3 is 0 Å². The normalized spacial score (nSPS) is 52.2. The number of fused-ring (bicyclic) bond motifs is 2. The van der Waals surface area contributed by atoms with Crippen LogP contribution in [0.25, 0.3) is 0 Å². The van der Waals surface area contributed by atoms with Gasteiger partial charge in [-0.2, -0.15) is 0 Å². The lowest BCUT2D eigenvalue weighted by molar-refractivity contribution is 0.266. The van der Waals surface area contributed by atoms with Crippen LogP contribution in [0.15, 0.2) is 0 Å². The Morgan fingerprint density at radius 1 is 1.10 bits per heavy atom. The lowest BCUT2D eigenvalue weighted by Gasteiger charge is -2.24. The van der Waals surface area contributed by atoms with Gasteiger partial charge < -0.3 is 0 Å². The van der Waals surface area contributed by atoms with Gasteiger partial charge in [-0.05, 0) is 42.9 Å². The van der Waals surface area contributed by atoms with Crippen LogP contribution in [0.2, 0.25) is 0 Å². The van der Waals surface area contributed by atoms with E-state index in [9.17, 15) is 0 Å². The van der Waals surface area contributed by atoms with Gasteiger partial charge in [0.2, 0.25) is 0 Å². The molecule has 4 unspecified atom stereocenters. The second-order valence-corrected chi connectivity index (χ2v) is 4.37. The fourth-order valence-corrected chi connectivity index (χ4v) is 3.18. The van der Waals surface area contributed by atoms with Gasteiger partial charge in [-0.1, -0.05) is 20.3 Å². The summed E-state index contributed by atoms with van der Waals surface area (Å²) in [5.41, 5.74) is 0. The molecule has 2 aliphatic rings. The molecule has 4 atom stereocenters. The Kier molecular flexibility index (Phi) is 1.51. The maximum Gasteiger partial charge on any atom is -0.0380 e. The maximum atomic E-state index is 2.44. The molecule has 0 aliphatic heterocycles. The van der Waals surface area contributed by atoms with Crippen molar-refractivity contribution in [3.63, 3.8) is 0 Å². The third-order valence-corrected chi connectivity index (χ3v) is 3.88. The molecular formula is C10H18. The molecule has 0 heteroatoms. The zero-order valence-corrected chi connectivity index (χ0v) is 7.14. The first kappa shape index (κ1) is 6.69. The van der Waals surface area contributed by atoms with E-state index < -0.39 is 0 Å². The molecule has 0 nitrogen and oxygen atoms in total. The molecule has 2 bridgehead atoms. The summed E-state index contributed by atoms with van der Waals surface area (Å²) in [6.07, 6.45) is 6.11. The van der Waals surface area contributed by atoms with E-state index in [4.69, 9.17) is 0 Å². The van der Waals surface area contributed by atoms with Crippen LogP contribution in [0.3, 0.4) is 0 Å². The fourth-order valence-electron chi connectivity index (χ4n) is 3.18. The van der Waals surface area contributed by atoms with Gasteiger partial charge in [-0.15, -0.1) is 0 Å². The van der Waals surface area contributed by atoms with Crippen molar-refractivity contribution in [3.05, 3.63) is 0 Å². The van der Waals surface area contributed by atoms with E-state index in [0.717, 1.165) is 23.7 Å². The molecule has 2 aliphatic carbocycles. The van der Waals surface area contributed by atoms with Crippen molar-refractivity contribution in [1.82, 2.24) is 0 Å². The smallest absolute Gasteiger partial charge is 0.0380 e. The van der Waals surface area contributed by atoms with E-state index in [1.54, 1.807) is 19.3 Å². The molecule has 2 saturated carbocycles. The Balaban J connectivity index is 2.02. The second kappa shape index (κ2) is 2.25. The largest absolute Gasteiger partial charge is 0.0651 e. The summed E-state index contributed by atoms with van der Waals surface area (Å²) in [7, 11) is 0. The van der Waals surface area contributed by atoms with E-state index in [0.29, 0.717) is 0 Å². The van der Waals surface area contributed by atoms with E-state index >= 15 is 0 Å². The van der Waals surface area contributed by atoms with Crippen LogP contribution in [0.1, 0.15) is 39.5 Å². The molecule has 0 amide bonds. The molecule has 2 rings (SSSR count). The maximum absolute atomic E-state index is 2.44. The van der Waals surface area contributed by atoms with E-state index in [1.807, 2.05) is 0 Å². The van der Waals surface area contributed by atoms with Crippen LogP contribution in [0, 0.1) is 23.7 Å². The average Bonchev–Trinajstić information content (AvgIpc) is 2.44. The highest BCUT2D eigenvalue weighted by atomic mass is 14.5. The Hall–Kier alpha value is 0. The van der Waals surface area contributed by atoms with Crippen molar-refractivity contribution in [2.24, 2.45) is 23.7 Å². The monoisotopic (exact) mass is 138 g/mol. The lowest BCUT2D eigenvalue weighted by Crippen LogP contribution is -2.14. The molecule has 0 aromatic rings. The van der Waals surface area contributed by atoms with Crippen LogP contribution < -0.4 is 0 Å². The topological polar surface area (TPSA) is 0 Å². The molecular weight excluding hydrogens is 120 g/mol. The first-order valence-corrected chi connectivity index (χ1v) is 4.81. The molecule has 0 spiro atoms. The minimum atomic E-state index is 1.06. The summed E-state index contributed by atoms with van der Waals surface area (Å²) < 4.78 is 0. The van der Waals surface area contributed by atoms with Crippen molar-refractivity contribution >= 4 is 0 Å². The van der Waals surface area contributed by atoms with Gasteiger partial charge in [0.25, 0.3) is 0 Å². The molecule has 58 valence electrons. The van der Waals surface area contributed by atoms with Gasteiger partial charge in [0.05, 0.1) is 0 Å². The highest BCUT2D eigenvalue weighted by Gasteiger charge is 2.42. The summed E-state index contributed by atoms with van der Waals surface area (Å²) in [5, 5.41) is 0. The highest BCUT2D eigenvalue weighted by Crippen LogP contribution is 2.52. The average molecular weight is 138 g/mol. The third-order valence-electron chi connectivity index (χ3n) is 3.88. The summed E-state index contributed by atoms with van der Waals surface area (Å²) in [6, 6.07) is 0. The van der Waals surface area contributed by atoms with Gasteiger partial charge in [0.15, 0.2) is 0 Å². The van der Waals surface area contributed by atoms with Crippen molar-refractivity contribution in [2.45, 2.75) is 39.5 Å². The Labute approximate surface area is 64.0 Å². The lowest BCUT2D eigenvalue weighted by atomic mass is 9.82. The molecule has 0 saturated heterocycles. The van der Waals surface area contributed by atoms with Crippen LogP contribution in [-0.4, -0.2) is 0 Å². The summed E-state index contributed by atoms with van der Waals surface area (Å²) >= 11 is 0. The van der Waals surface area contributed by atoms with Crippen LogP contribution in [0.5, 0.6) is 0 Å². The van der Waals surface area contributed by atoms with Gasteiger partial charge in [0.1, 0.15) is 0 Å². The number of rotatable bonds is 1. The first-order chi connectivity index (χ1) is 4.81. The summed E-state index contributed by atoms with van der Waals surface area (Å²) in [5.74, 6) is 4.42.